The minimum atomic E-state index is 0.383. The number of hydrogen-bond acceptors (Lipinski definition) is 3. The molecule has 14 heavy (non-hydrogen) atoms. The quantitative estimate of drug-likeness (QED) is 0.809. The van der Waals surface area contributed by atoms with Gasteiger partial charge in [0.2, 0.25) is 0 Å². The van der Waals surface area contributed by atoms with Gasteiger partial charge in [0.05, 0.1) is 16.9 Å². The zero-order chi connectivity index (χ0) is 10.6. The van der Waals surface area contributed by atoms with Gasteiger partial charge in [0.15, 0.2) is 0 Å². The third-order valence-electron chi connectivity index (χ3n) is 1.97. The van der Waals surface area contributed by atoms with E-state index in [1.807, 2.05) is 0 Å². The molecule has 0 spiro atoms. The summed E-state index contributed by atoms with van der Waals surface area (Å²) in [6, 6.07) is 2.09. The van der Waals surface area contributed by atoms with Crippen LogP contribution in [0, 0.1) is 0 Å². The number of hydrogen-bond donors (Lipinski definition) is 2. The Labute approximate surface area is 89.7 Å². The molecule has 1 heterocycles. The van der Waals surface area contributed by atoms with Crippen LogP contribution in [0.4, 0.5) is 11.5 Å². The van der Waals surface area contributed by atoms with Gasteiger partial charge in [-0.1, -0.05) is 24.9 Å². The molecule has 0 aliphatic heterocycles. The fourth-order valence-electron chi connectivity index (χ4n) is 1.30. The maximum Gasteiger partial charge on any atom is 0.145 e. The number of halogens is 1. The maximum absolute atomic E-state index is 5.97. The van der Waals surface area contributed by atoms with Crippen LogP contribution in [0.25, 0.3) is 0 Å². The van der Waals surface area contributed by atoms with E-state index in [2.05, 4.69) is 24.1 Å². The van der Waals surface area contributed by atoms with E-state index in [4.69, 9.17) is 17.3 Å². The molecule has 78 valence electrons. The van der Waals surface area contributed by atoms with Gasteiger partial charge in [0, 0.05) is 6.04 Å². The Balaban J connectivity index is 2.67. The average molecular weight is 214 g/mol. The standard InChI is InChI=1S/C10H16ClN3/c1-3-4-7(2)14-10-9(11)5-8(12)6-13-10/h5-7H,3-4,12H2,1-2H3,(H,13,14). The molecule has 1 atom stereocenters. The van der Waals surface area contributed by atoms with Gasteiger partial charge < -0.3 is 11.1 Å². The summed E-state index contributed by atoms with van der Waals surface area (Å²) in [4.78, 5) is 4.13. The van der Waals surface area contributed by atoms with E-state index in [0.717, 1.165) is 12.8 Å². The van der Waals surface area contributed by atoms with Crippen LogP contribution < -0.4 is 11.1 Å². The van der Waals surface area contributed by atoms with Crippen molar-refractivity contribution >= 4 is 23.1 Å². The Kier molecular flexibility index (Phi) is 4.01. The average Bonchev–Trinajstić information content (AvgIpc) is 2.10. The monoisotopic (exact) mass is 213 g/mol. The number of aromatic nitrogens is 1. The molecule has 0 saturated heterocycles. The van der Waals surface area contributed by atoms with Gasteiger partial charge in [-0.15, -0.1) is 0 Å². The van der Waals surface area contributed by atoms with Gasteiger partial charge in [-0.2, -0.15) is 0 Å². The summed E-state index contributed by atoms with van der Waals surface area (Å²) in [6.07, 6.45) is 3.84. The summed E-state index contributed by atoms with van der Waals surface area (Å²) in [5.74, 6) is 0.710. The molecule has 0 aliphatic rings. The molecule has 0 aromatic carbocycles. The first kappa shape index (κ1) is 11.1. The molecule has 4 heteroatoms. The zero-order valence-corrected chi connectivity index (χ0v) is 9.30. The zero-order valence-electron chi connectivity index (χ0n) is 8.55. The van der Waals surface area contributed by atoms with Crippen molar-refractivity contribution in [2.45, 2.75) is 32.7 Å². The van der Waals surface area contributed by atoms with Gasteiger partial charge in [0.1, 0.15) is 5.82 Å². The minimum absolute atomic E-state index is 0.383. The SMILES string of the molecule is CCCC(C)Nc1ncc(N)cc1Cl. The number of anilines is 2. The molecule has 0 aliphatic carbocycles. The topological polar surface area (TPSA) is 50.9 Å². The second-order valence-corrected chi connectivity index (χ2v) is 3.84. The van der Waals surface area contributed by atoms with Gasteiger partial charge >= 0.3 is 0 Å². The second kappa shape index (κ2) is 5.05. The van der Waals surface area contributed by atoms with E-state index in [9.17, 15) is 0 Å². The summed E-state index contributed by atoms with van der Waals surface area (Å²) in [5, 5.41) is 3.82. The first-order chi connectivity index (χ1) is 6.63. The number of rotatable bonds is 4. The molecule has 1 unspecified atom stereocenters. The van der Waals surface area contributed by atoms with Crippen molar-refractivity contribution in [1.29, 1.82) is 0 Å². The lowest BCUT2D eigenvalue weighted by atomic mass is 10.2. The van der Waals surface area contributed by atoms with Crippen molar-refractivity contribution in [1.82, 2.24) is 4.98 Å². The Hall–Kier alpha value is -0.960. The van der Waals surface area contributed by atoms with Gasteiger partial charge in [-0.05, 0) is 19.4 Å². The lowest BCUT2D eigenvalue weighted by molar-refractivity contribution is 0.687. The van der Waals surface area contributed by atoms with Crippen LogP contribution >= 0.6 is 11.6 Å². The van der Waals surface area contributed by atoms with E-state index in [1.54, 1.807) is 12.3 Å². The summed E-state index contributed by atoms with van der Waals surface area (Å²) in [5.41, 5.74) is 6.13. The Morgan fingerprint density at radius 2 is 2.36 bits per heavy atom. The fourth-order valence-corrected chi connectivity index (χ4v) is 1.53. The number of nitrogen functional groups attached to an aromatic ring is 1. The predicted octanol–water partition coefficient (Wildman–Crippen LogP) is 2.92. The van der Waals surface area contributed by atoms with E-state index < -0.39 is 0 Å². The number of nitrogens with zero attached hydrogens (tertiary/aromatic N) is 1. The van der Waals surface area contributed by atoms with Crippen LogP contribution in [0.1, 0.15) is 26.7 Å². The van der Waals surface area contributed by atoms with Gasteiger partial charge in [-0.3, -0.25) is 0 Å². The normalized spacial score (nSPS) is 12.5. The third kappa shape index (κ3) is 3.07. The molecule has 3 nitrogen and oxygen atoms in total. The predicted molar refractivity (Wildman–Crippen MR) is 61.7 cm³/mol. The molecule has 0 saturated carbocycles. The molecule has 1 aromatic heterocycles. The van der Waals surface area contributed by atoms with Crippen LogP contribution in [-0.4, -0.2) is 11.0 Å². The molecule has 0 amide bonds. The van der Waals surface area contributed by atoms with Crippen molar-refractivity contribution in [3.63, 3.8) is 0 Å². The van der Waals surface area contributed by atoms with Crippen LogP contribution in [0.3, 0.4) is 0 Å². The van der Waals surface area contributed by atoms with E-state index >= 15 is 0 Å². The Morgan fingerprint density at radius 1 is 1.64 bits per heavy atom. The number of nitrogens with one attached hydrogen (secondary N) is 1. The summed E-state index contributed by atoms with van der Waals surface area (Å²) < 4.78 is 0. The van der Waals surface area contributed by atoms with Crippen LogP contribution in [-0.2, 0) is 0 Å². The van der Waals surface area contributed by atoms with Crippen molar-refractivity contribution in [3.05, 3.63) is 17.3 Å². The molecule has 3 N–H and O–H groups in total. The smallest absolute Gasteiger partial charge is 0.145 e. The number of nitrogens with two attached hydrogens (primary N) is 1. The Bertz CT molecular complexity index is 301. The van der Waals surface area contributed by atoms with Gasteiger partial charge in [0.25, 0.3) is 0 Å². The van der Waals surface area contributed by atoms with Crippen molar-refractivity contribution in [3.8, 4) is 0 Å². The molecule has 1 rings (SSSR count). The largest absolute Gasteiger partial charge is 0.397 e. The molecular formula is C10H16ClN3. The summed E-state index contributed by atoms with van der Waals surface area (Å²) in [7, 11) is 0. The van der Waals surface area contributed by atoms with Gasteiger partial charge in [-0.25, -0.2) is 4.98 Å². The highest BCUT2D eigenvalue weighted by molar-refractivity contribution is 6.33. The van der Waals surface area contributed by atoms with Crippen molar-refractivity contribution in [2.24, 2.45) is 0 Å². The van der Waals surface area contributed by atoms with Crippen LogP contribution in [0.2, 0.25) is 5.02 Å². The number of pyridine rings is 1. The van der Waals surface area contributed by atoms with Crippen molar-refractivity contribution in [2.75, 3.05) is 11.1 Å². The van der Waals surface area contributed by atoms with E-state index in [-0.39, 0.29) is 0 Å². The molecular weight excluding hydrogens is 198 g/mol. The maximum atomic E-state index is 5.97. The third-order valence-corrected chi connectivity index (χ3v) is 2.26. The molecule has 0 fully saturated rings. The minimum Gasteiger partial charge on any atom is -0.397 e. The highest BCUT2D eigenvalue weighted by Crippen LogP contribution is 2.22. The molecule has 1 aromatic rings. The van der Waals surface area contributed by atoms with Crippen molar-refractivity contribution < 1.29 is 0 Å². The van der Waals surface area contributed by atoms with E-state index in [0.29, 0.717) is 22.6 Å². The molecule has 0 bridgehead atoms. The first-order valence-electron chi connectivity index (χ1n) is 4.81. The first-order valence-corrected chi connectivity index (χ1v) is 5.18. The highest BCUT2D eigenvalue weighted by atomic mass is 35.5. The Morgan fingerprint density at radius 3 is 2.93 bits per heavy atom. The lowest BCUT2D eigenvalue weighted by Crippen LogP contribution is -2.15. The van der Waals surface area contributed by atoms with E-state index in [1.165, 1.54) is 0 Å². The molecule has 0 radical (unpaired) electrons. The summed E-state index contributed by atoms with van der Waals surface area (Å²) >= 11 is 5.97. The fraction of sp³-hybridized carbons (Fsp3) is 0.500. The second-order valence-electron chi connectivity index (χ2n) is 3.43. The lowest BCUT2D eigenvalue weighted by Gasteiger charge is -2.14. The summed E-state index contributed by atoms with van der Waals surface area (Å²) in [6.45, 7) is 4.26. The van der Waals surface area contributed by atoms with Crippen LogP contribution in [0.15, 0.2) is 12.3 Å². The van der Waals surface area contributed by atoms with Crippen LogP contribution in [0.5, 0.6) is 0 Å². The highest BCUT2D eigenvalue weighted by Gasteiger charge is 2.05.